The number of rotatable bonds is 3. The van der Waals surface area contributed by atoms with Crippen molar-refractivity contribution < 1.29 is 23.8 Å². The molecule has 2 atom stereocenters. The summed E-state index contributed by atoms with van der Waals surface area (Å²) in [7, 11) is 0. The third kappa shape index (κ3) is 2.59. The number of hydrogen-bond acceptors (Lipinski definition) is 4. The van der Waals surface area contributed by atoms with Gasteiger partial charge in [-0.15, -0.1) is 0 Å². The summed E-state index contributed by atoms with van der Waals surface area (Å²) in [5.74, 6) is -2.18. The molecule has 0 aliphatic carbocycles. The first-order valence-electron chi connectivity index (χ1n) is 4.94. The number of halogens is 1. The Morgan fingerprint density at radius 1 is 1.41 bits per heavy atom. The van der Waals surface area contributed by atoms with E-state index in [0.717, 1.165) is 0 Å². The highest BCUT2D eigenvalue weighted by molar-refractivity contribution is 6.29. The molecular weight excluding hydrogens is 250 g/mol. The molecule has 0 radical (unpaired) electrons. The van der Waals surface area contributed by atoms with Crippen LogP contribution in [0.3, 0.4) is 0 Å². The van der Waals surface area contributed by atoms with Gasteiger partial charge in [0, 0.05) is 0 Å². The number of carboxylic acids is 1. The second-order valence-electron chi connectivity index (χ2n) is 3.67. The van der Waals surface area contributed by atoms with E-state index in [0.29, 0.717) is 0 Å². The van der Waals surface area contributed by atoms with Crippen LogP contribution >= 0.6 is 11.6 Å². The van der Waals surface area contributed by atoms with Gasteiger partial charge in [0.05, 0.1) is 19.3 Å². The van der Waals surface area contributed by atoms with Crippen LogP contribution < -0.4 is 5.32 Å². The first-order valence-corrected chi connectivity index (χ1v) is 5.32. The highest BCUT2D eigenvalue weighted by atomic mass is 35.5. The Morgan fingerprint density at radius 3 is 2.76 bits per heavy atom. The summed E-state index contributed by atoms with van der Waals surface area (Å²) in [6.45, 7) is 0.274. The molecule has 2 N–H and O–H groups in total. The maximum atomic E-state index is 11.7. The first-order chi connectivity index (χ1) is 8.08. The summed E-state index contributed by atoms with van der Waals surface area (Å²) in [4.78, 5) is 22.5. The van der Waals surface area contributed by atoms with E-state index in [4.69, 9.17) is 25.9 Å². The van der Waals surface area contributed by atoms with Gasteiger partial charge in [0.15, 0.2) is 11.0 Å². The Bertz CT molecular complexity index is 444. The van der Waals surface area contributed by atoms with Crippen LogP contribution in [0.25, 0.3) is 0 Å². The topological polar surface area (TPSA) is 88.8 Å². The van der Waals surface area contributed by atoms with Crippen molar-refractivity contribution in [1.29, 1.82) is 0 Å². The van der Waals surface area contributed by atoms with Crippen molar-refractivity contribution >= 4 is 23.5 Å². The van der Waals surface area contributed by atoms with Gasteiger partial charge in [0.2, 0.25) is 0 Å². The highest BCUT2D eigenvalue weighted by Gasteiger charge is 2.35. The molecule has 1 fully saturated rings. The van der Waals surface area contributed by atoms with Gasteiger partial charge in [-0.05, 0) is 23.7 Å². The maximum absolute atomic E-state index is 11.7. The molecule has 2 heterocycles. The minimum Gasteiger partial charge on any atom is -0.481 e. The van der Waals surface area contributed by atoms with Gasteiger partial charge >= 0.3 is 5.97 Å². The minimum absolute atomic E-state index is 0.0473. The number of carbonyl (C=O) groups excluding carboxylic acids is 1. The van der Waals surface area contributed by atoms with Crippen molar-refractivity contribution in [3.05, 3.63) is 23.1 Å². The van der Waals surface area contributed by atoms with Crippen LogP contribution in [-0.2, 0) is 9.53 Å². The molecule has 0 spiro atoms. The number of carboxylic acid groups (broad SMARTS) is 1. The van der Waals surface area contributed by atoms with E-state index in [2.05, 4.69) is 5.32 Å². The van der Waals surface area contributed by atoms with Crippen molar-refractivity contribution in [2.24, 2.45) is 5.92 Å². The minimum atomic E-state index is -0.995. The molecule has 1 aromatic heterocycles. The lowest BCUT2D eigenvalue weighted by Gasteiger charge is -2.14. The van der Waals surface area contributed by atoms with Gasteiger partial charge in [-0.2, -0.15) is 0 Å². The van der Waals surface area contributed by atoms with E-state index in [-0.39, 0.29) is 24.2 Å². The van der Waals surface area contributed by atoms with Crippen LogP contribution in [0, 0.1) is 5.92 Å². The van der Waals surface area contributed by atoms with Crippen LogP contribution in [0.2, 0.25) is 5.22 Å². The number of aliphatic carboxylic acids is 1. The van der Waals surface area contributed by atoms with Crippen molar-refractivity contribution in [3.8, 4) is 0 Å². The van der Waals surface area contributed by atoms with Crippen LogP contribution in [0.5, 0.6) is 0 Å². The number of furan rings is 1. The zero-order chi connectivity index (χ0) is 12.4. The van der Waals surface area contributed by atoms with E-state index in [1.807, 2.05) is 0 Å². The van der Waals surface area contributed by atoms with Crippen LogP contribution in [0.1, 0.15) is 10.6 Å². The lowest BCUT2D eigenvalue weighted by Crippen LogP contribution is -2.42. The van der Waals surface area contributed by atoms with Gasteiger partial charge in [-0.1, -0.05) is 0 Å². The number of hydrogen-bond donors (Lipinski definition) is 2. The molecule has 0 bridgehead atoms. The molecule has 0 aromatic carbocycles. The monoisotopic (exact) mass is 259 g/mol. The van der Waals surface area contributed by atoms with Crippen molar-refractivity contribution in [2.45, 2.75) is 6.04 Å². The molecule has 1 amide bonds. The van der Waals surface area contributed by atoms with Crippen LogP contribution in [0.4, 0.5) is 0 Å². The molecular formula is C10H10ClNO5. The van der Waals surface area contributed by atoms with E-state index in [1.54, 1.807) is 0 Å². The van der Waals surface area contributed by atoms with E-state index in [1.165, 1.54) is 12.1 Å². The third-order valence-electron chi connectivity index (χ3n) is 2.51. The Morgan fingerprint density at radius 2 is 2.18 bits per heavy atom. The zero-order valence-electron chi connectivity index (χ0n) is 8.68. The van der Waals surface area contributed by atoms with Crippen LogP contribution in [0.15, 0.2) is 16.5 Å². The number of amides is 1. The molecule has 0 saturated carbocycles. The normalized spacial score (nSPS) is 23.6. The fraction of sp³-hybridized carbons (Fsp3) is 0.400. The second-order valence-corrected chi connectivity index (χ2v) is 4.04. The number of nitrogens with one attached hydrogen (secondary N) is 1. The molecule has 2 unspecified atom stereocenters. The summed E-state index contributed by atoms with van der Waals surface area (Å²) >= 11 is 5.53. The quantitative estimate of drug-likeness (QED) is 0.837. The number of ether oxygens (including phenoxy) is 1. The number of carbonyl (C=O) groups is 2. The largest absolute Gasteiger partial charge is 0.481 e. The fourth-order valence-electron chi connectivity index (χ4n) is 1.62. The summed E-state index contributed by atoms with van der Waals surface area (Å²) < 4.78 is 9.94. The fourth-order valence-corrected chi connectivity index (χ4v) is 1.76. The standard InChI is InChI=1S/C10H10ClNO5/c11-8-2-1-7(17-8)9(13)12-6-4-16-3-5(6)10(14)15/h1-2,5-6H,3-4H2,(H,12,13)(H,14,15). The average molecular weight is 260 g/mol. The summed E-state index contributed by atoms with van der Waals surface area (Å²) in [5.41, 5.74) is 0. The van der Waals surface area contributed by atoms with Crippen molar-refractivity contribution in [3.63, 3.8) is 0 Å². The molecule has 1 aliphatic rings. The van der Waals surface area contributed by atoms with Crippen molar-refractivity contribution in [1.82, 2.24) is 5.32 Å². The van der Waals surface area contributed by atoms with E-state index < -0.39 is 23.8 Å². The maximum Gasteiger partial charge on any atom is 0.311 e. The molecule has 1 aromatic rings. The van der Waals surface area contributed by atoms with E-state index >= 15 is 0 Å². The lowest BCUT2D eigenvalue weighted by molar-refractivity contribution is -0.142. The summed E-state index contributed by atoms with van der Waals surface area (Å²) in [6, 6.07) is 2.31. The lowest BCUT2D eigenvalue weighted by atomic mass is 10.0. The predicted molar refractivity (Wildman–Crippen MR) is 56.9 cm³/mol. The van der Waals surface area contributed by atoms with Gasteiger partial charge in [0.1, 0.15) is 5.92 Å². The van der Waals surface area contributed by atoms with E-state index in [9.17, 15) is 9.59 Å². The van der Waals surface area contributed by atoms with Crippen LogP contribution in [-0.4, -0.2) is 36.2 Å². The molecule has 92 valence electrons. The van der Waals surface area contributed by atoms with Gasteiger partial charge in [-0.3, -0.25) is 9.59 Å². The van der Waals surface area contributed by atoms with Gasteiger partial charge in [0.25, 0.3) is 5.91 Å². The van der Waals surface area contributed by atoms with Gasteiger partial charge in [-0.25, -0.2) is 0 Å². The molecule has 1 aliphatic heterocycles. The van der Waals surface area contributed by atoms with Gasteiger partial charge < -0.3 is 19.6 Å². The molecule has 2 rings (SSSR count). The first kappa shape index (κ1) is 11.9. The second kappa shape index (κ2) is 4.77. The SMILES string of the molecule is O=C(NC1COCC1C(=O)O)c1ccc(Cl)o1. The smallest absolute Gasteiger partial charge is 0.311 e. The summed E-state index contributed by atoms with van der Waals surface area (Å²) in [5, 5.41) is 11.5. The molecule has 1 saturated heterocycles. The van der Waals surface area contributed by atoms with Crippen molar-refractivity contribution in [2.75, 3.05) is 13.2 Å². The third-order valence-corrected chi connectivity index (χ3v) is 2.71. The predicted octanol–water partition coefficient (Wildman–Crippen LogP) is 0.762. The Kier molecular flexibility index (Phi) is 3.35. The zero-order valence-corrected chi connectivity index (χ0v) is 9.44. The molecule has 7 heteroatoms. The molecule has 17 heavy (non-hydrogen) atoms. The Balaban J connectivity index is 2.01. The summed E-state index contributed by atoms with van der Waals surface area (Å²) in [6.07, 6.45) is 0. The highest BCUT2D eigenvalue weighted by Crippen LogP contribution is 2.16. The Labute approximate surface area is 101 Å². The Hall–Kier alpha value is -1.53. The molecule has 6 nitrogen and oxygen atoms in total. The average Bonchev–Trinajstić information content (AvgIpc) is 2.86.